The number of carboxylic acid groups (broad SMARTS) is 1. The van der Waals surface area contributed by atoms with Gasteiger partial charge in [0.15, 0.2) is 0 Å². The van der Waals surface area contributed by atoms with Gasteiger partial charge in [-0.15, -0.1) is 0 Å². The molecule has 1 unspecified atom stereocenters. The van der Waals surface area contributed by atoms with Gasteiger partial charge in [0.05, 0.1) is 15.5 Å². The highest BCUT2D eigenvalue weighted by molar-refractivity contribution is 9.10. The Hall–Kier alpha value is -0.460. The van der Waals surface area contributed by atoms with Gasteiger partial charge < -0.3 is 10.8 Å². The lowest BCUT2D eigenvalue weighted by molar-refractivity contribution is -0.138. The number of hydrogen-bond donors (Lipinski definition) is 2. The summed E-state index contributed by atoms with van der Waals surface area (Å²) in [6.45, 7) is 0. The lowest BCUT2D eigenvalue weighted by Gasteiger charge is -2.01. The number of carbonyl (C=O) groups is 1. The van der Waals surface area contributed by atoms with E-state index in [4.69, 9.17) is 10.8 Å². The van der Waals surface area contributed by atoms with E-state index in [0.717, 1.165) is 11.5 Å². The molecule has 0 bridgehead atoms. The molecule has 1 aromatic heterocycles. The summed E-state index contributed by atoms with van der Waals surface area (Å²) in [4.78, 5) is 10.9. The summed E-state index contributed by atoms with van der Waals surface area (Å²) in [5, 5.41) is 8.51. The van der Waals surface area contributed by atoms with Gasteiger partial charge in [0.1, 0.15) is 6.04 Å². The summed E-state index contributed by atoms with van der Waals surface area (Å²) in [6.07, 6.45) is 1.53. The second-order valence-corrected chi connectivity index (χ2v) is 3.54. The first-order chi connectivity index (χ1) is 5.13. The fourth-order valence-corrected chi connectivity index (χ4v) is 1.88. The van der Waals surface area contributed by atoms with Gasteiger partial charge in [-0.05, 0) is 27.5 Å². The van der Waals surface area contributed by atoms with Crippen LogP contribution in [0.5, 0.6) is 0 Å². The maximum Gasteiger partial charge on any atom is 0.326 e. The van der Waals surface area contributed by atoms with E-state index in [-0.39, 0.29) is 0 Å². The number of rotatable bonds is 2. The number of aromatic nitrogens is 1. The molecule has 4 nitrogen and oxygen atoms in total. The van der Waals surface area contributed by atoms with Crippen LogP contribution < -0.4 is 5.73 Å². The third kappa shape index (κ3) is 1.76. The first kappa shape index (κ1) is 8.63. The molecule has 0 saturated carbocycles. The monoisotopic (exact) mass is 236 g/mol. The summed E-state index contributed by atoms with van der Waals surface area (Å²) in [6, 6.07) is -0.975. The molecule has 0 amide bonds. The molecule has 0 radical (unpaired) electrons. The van der Waals surface area contributed by atoms with Crippen LogP contribution in [0.3, 0.4) is 0 Å². The molecule has 0 aliphatic rings. The molecule has 0 aromatic carbocycles. The van der Waals surface area contributed by atoms with Crippen LogP contribution in [-0.2, 0) is 4.79 Å². The lowest BCUT2D eigenvalue weighted by Crippen LogP contribution is -2.19. The van der Waals surface area contributed by atoms with E-state index in [0.29, 0.717) is 9.35 Å². The van der Waals surface area contributed by atoms with Gasteiger partial charge in [0.25, 0.3) is 0 Å². The van der Waals surface area contributed by atoms with Crippen LogP contribution in [0.25, 0.3) is 0 Å². The van der Waals surface area contributed by atoms with Gasteiger partial charge in [-0.25, -0.2) is 0 Å². The van der Waals surface area contributed by atoms with Crippen molar-refractivity contribution in [1.29, 1.82) is 0 Å². The van der Waals surface area contributed by atoms with Crippen molar-refractivity contribution in [2.45, 2.75) is 6.04 Å². The maximum absolute atomic E-state index is 10.4. The minimum Gasteiger partial charge on any atom is -0.480 e. The molecule has 0 spiro atoms. The number of nitrogens with zero attached hydrogens (tertiary/aromatic N) is 1. The zero-order valence-electron chi connectivity index (χ0n) is 5.32. The van der Waals surface area contributed by atoms with E-state index < -0.39 is 12.0 Å². The zero-order chi connectivity index (χ0) is 8.43. The van der Waals surface area contributed by atoms with Crippen LogP contribution in [0.2, 0.25) is 0 Å². The Morgan fingerprint density at radius 1 is 1.91 bits per heavy atom. The lowest BCUT2D eigenvalue weighted by atomic mass is 10.3. The average Bonchev–Trinajstić information content (AvgIpc) is 2.33. The third-order valence-electron chi connectivity index (χ3n) is 1.10. The van der Waals surface area contributed by atoms with Crippen molar-refractivity contribution in [1.82, 2.24) is 4.37 Å². The Kier molecular flexibility index (Phi) is 2.58. The van der Waals surface area contributed by atoms with Gasteiger partial charge in [0.2, 0.25) is 0 Å². The second kappa shape index (κ2) is 3.29. The summed E-state index contributed by atoms with van der Waals surface area (Å²) in [5.41, 5.74) is 5.32. The average molecular weight is 237 g/mol. The minimum absolute atomic E-state index is 0.539. The Morgan fingerprint density at radius 2 is 2.55 bits per heavy atom. The van der Waals surface area contributed by atoms with E-state index in [1.54, 1.807) is 0 Å². The highest BCUT2D eigenvalue weighted by atomic mass is 79.9. The number of hydrogen-bond acceptors (Lipinski definition) is 4. The van der Waals surface area contributed by atoms with Gasteiger partial charge in [-0.2, -0.15) is 4.37 Å². The Balaban J connectivity index is 2.92. The predicted octanol–water partition coefficient (Wildman–Crippen LogP) is 0.990. The first-order valence-corrected chi connectivity index (χ1v) is 4.28. The molecule has 0 aliphatic heterocycles. The number of halogens is 1. The molecule has 11 heavy (non-hydrogen) atoms. The second-order valence-electron chi connectivity index (χ2n) is 1.85. The Morgan fingerprint density at radius 3 is 2.91 bits per heavy atom. The topological polar surface area (TPSA) is 76.2 Å². The molecule has 1 rings (SSSR count). The minimum atomic E-state index is -1.05. The van der Waals surface area contributed by atoms with Crippen molar-refractivity contribution in [2.24, 2.45) is 5.73 Å². The van der Waals surface area contributed by atoms with Crippen LogP contribution in [0.4, 0.5) is 0 Å². The molecule has 60 valence electrons. The molecule has 6 heteroatoms. The van der Waals surface area contributed by atoms with E-state index in [2.05, 4.69) is 20.3 Å². The van der Waals surface area contributed by atoms with Crippen LogP contribution in [0, 0.1) is 0 Å². The van der Waals surface area contributed by atoms with Crippen molar-refractivity contribution < 1.29 is 9.90 Å². The van der Waals surface area contributed by atoms with Crippen molar-refractivity contribution >= 4 is 33.4 Å². The van der Waals surface area contributed by atoms with Crippen molar-refractivity contribution in [3.63, 3.8) is 0 Å². The summed E-state index contributed by atoms with van der Waals surface area (Å²) in [7, 11) is 0. The van der Waals surface area contributed by atoms with Gasteiger partial charge in [0, 0.05) is 0 Å². The van der Waals surface area contributed by atoms with Crippen molar-refractivity contribution in [3.05, 3.63) is 15.5 Å². The largest absolute Gasteiger partial charge is 0.480 e. The number of nitrogens with two attached hydrogens (primary N) is 1. The molecule has 3 N–H and O–H groups in total. The van der Waals surface area contributed by atoms with Crippen LogP contribution in [0.15, 0.2) is 10.7 Å². The van der Waals surface area contributed by atoms with E-state index in [1.165, 1.54) is 6.20 Å². The van der Waals surface area contributed by atoms with Crippen LogP contribution in [0.1, 0.15) is 10.9 Å². The first-order valence-electron chi connectivity index (χ1n) is 2.71. The molecule has 0 saturated heterocycles. The van der Waals surface area contributed by atoms with Crippen molar-refractivity contribution in [3.8, 4) is 0 Å². The van der Waals surface area contributed by atoms with Gasteiger partial charge in [-0.1, -0.05) is 0 Å². The van der Waals surface area contributed by atoms with Crippen molar-refractivity contribution in [2.75, 3.05) is 0 Å². The molecular weight excluding hydrogens is 232 g/mol. The van der Waals surface area contributed by atoms with Crippen LogP contribution >= 0.6 is 27.5 Å². The molecule has 1 aromatic rings. The summed E-state index contributed by atoms with van der Waals surface area (Å²) in [5.74, 6) is -1.05. The number of aliphatic carboxylic acids is 1. The zero-order valence-corrected chi connectivity index (χ0v) is 7.72. The SMILES string of the molecule is NC(C(=O)O)c1sncc1Br. The standard InChI is InChI=1S/C5H5BrN2O2S/c6-2-1-8-11-4(2)3(7)5(9)10/h1,3H,7H2,(H,9,10). The van der Waals surface area contributed by atoms with E-state index in [1.807, 2.05) is 0 Å². The fraction of sp³-hybridized carbons (Fsp3) is 0.200. The predicted molar refractivity (Wildman–Crippen MR) is 44.4 cm³/mol. The molecule has 1 atom stereocenters. The van der Waals surface area contributed by atoms with Gasteiger partial charge in [-0.3, -0.25) is 4.79 Å². The van der Waals surface area contributed by atoms with E-state index >= 15 is 0 Å². The normalized spacial score (nSPS) is 12.9. The Bertz CT molecular complexity index is 275. The molecule has 0 fully saturated rings. The quantitative estimate of drug-likeness (QED) is 0.804. The molecular formula is C5H5BrN2O2S. The number of carboxylic acids is 1. The smallest absolute Gasteiger partial charge is 0.326 e. The fourth-order valence-electron chi connectivity index (χ4n) is 0.554. The summed E-state index contributed by atoms with van der Waals surface area (Å²) < 4.78 is 4.43. The molecule has 1 heterocycles. The Labute approximate surface area is 75.3 Å². The highest BCUT2D eigenvalue weighted by Crippen LogP contribution is 2.25. The highest BCUT2D eigenvalue weighted by Gasteiger charge is 2.18. The van der Waals surface area contributed by atoms with Gasteiger partial charge >= 0.3 is 5.97 Å². The van der Waals surface area contributed by atoms with E-state index in [9.17, 15) is 4.79 Å². The molecule has 0 aliphatic carbocycles. The maximum atomic E-state index is 10.4. The summed E-state index contributed by atoms with van der Waals surface area (Å²) >= 11 is 4.22. The van der Waals surface area contributed by atoms with Crippen LogP contribution in [-0.4, -0.2) is 15.4 Å². The third-order valence-corrected chi connectivity index (χ3v) is 2.88.